The molecule has 3 atom stereocenters. The lowest BCUT2D eigenvalue weighted by Crippen LogP contribution is -2.50. The highest BCUT2D eigenvalue weighted by molar-refractivity contribution is 6.00. The largest absolute Gasteiger partial charge is 0.487 e. The molecular formula is C29H42N6O7. The topological polar surface area (TPSA) is 150 Å². The molecule has 4 rings (SSSR count). The van der Waals surface area contributed by atoms with E-state index in [2.05, 4.69) is 20.7 Å². The highest BCUT2D eigenvalue weighted by Gasteiger charge is 2.34. The van der Waals surface area contributed by atoms with Crippen LogP contribution in [0.1, 0.15) is 42.1 Å². The number of fused-ring (bicyclic) bond motifs is 1. The van der Waals surface area contributed by atoms with Gasteiger partial charge in [0.1, 0.15) is 23.2 Å². The molecule has 0 radical (unpaired) electrons. The van der Waals surface area contributed by atoms with Gasteiger partial charge in [0.15, 0.2) is 5.76 Å². The molecule has 2 aliphatic rings. The number of amides is 4. The van der Waals surface area contributed by atoms with E-state index in [9.17, 15) is 19.5 Å². The second-order valence-corrected chi connectivity index (χ2v) is 11.1. The quantitative estimate of drug-likeness (QED) is 0.402. The normalized spacial score (nSPS) is 20.1. The average Bonchev–Trinajstić information content (AvgIpc) is 3.30. The first-order chi connectivity index (χ1) is 20.1. The van der Waals surface area contributed by atoms with Crippen LogP contribution in [-0.2, 0) is 9.53 Å². The number of hydrogen-bond acceptors (Lipinski definition) is 9. The summed E-state index contributed by atoms with van der Waals surface area (Å²) in [5.74, 6) is 0.224. The summed E-state index contributed by atoms with van der Waals surface area (Å²) in [6, 6.07) is 4.19. The number of morpholine rings is 1. The van der Waals surface area contributed by atoms with Gasteiger partial charge in [-0.2, -0.15) is 0 Å². The van der Waals surface area contributed by atoms with Crippen molar-refractivity contribution in [1.29, 1.82) is 0 Å². The molecule has 1 fully saturated rings. The van der Waals surface area contributed by atoms with Crippen molar-refractivity contribution in [2.75, 3.05) is 70.2 Å². The maximum Gasteiger partial charge on any atom is 0.321 e. The number of nitrogens with zero attached hydrogens (tertiary/aromatic N) is 4. The zero-order valence-corrected chi connectivity index (χ0v) is 25.0. The van der Waals surface area contributed by atoms with Crippen LogP contribution in [0.2, 0.25) is 0 Å². The van der Waals surface area contributed by atoms with Crippen molar-refractivity contribution in [3.8, 4) is 5.75 Å². The first-order valence-electron chi connectivity index (χ1n) is 14.3. The van der Waals surface area contributed by atoms with Crippen LogP contribution in [0.25, 0.3) is 0 Å². The van der Waals surface area contributed by atoms with Crippen molar-refractivity contribution in [2.24, 2.45) is 5.92 Å². The highest BCUT2D eigenvalue weighted by atomic mass is 16.5. The lowest BCUT2D eigenvalue weighted by Gasteiger charge is -2.38. The van der Waals surface area contributed by atoms with Crippen LogP contribution in [-0.4, -0.2) is 115 Å². The van der Waals surface area contributed by atoms with E-state index in [1.54, 1.807) is 50.9 Å². The molecule has 3 heterocycles. The van der Waals surface area contributed by atoms with Crippen molar-refractivity contribution in [1.82, 2.24) is 19.9 Å². The molecular weight excluding hydrogens is 544 g/mol. The van der Waals surface area contributed by atoms with E-state index in [0.717, 1.165) is 13.1 Å². The molecule has 1 aromatic heterocycles. The SMILES string of the molecule is Cc1noc(C)c1NC(=O)N(C)C[C@H]1Oc2ccc(NC(=O)CCN3CCOCC3)cc2C(=O)N([C@H](C)CO)C[C@@H]1C. The third kappa shape index (κ3) is 7.58. The van der Waals surface area contributed by atoms with Gasteiger partial charge >= 0.3 is 6.03 Å². The molecule has 2 aromatic rings. The number of urea groups is 1. The van der Waals surface area contributed by atoms with Crippen molar-refractivity contribution < 1.29 is 33.5 Å². The molecule has 0 spiro atoms. The molecule has 0 unspecified atom stereocenters. The van der Waals surface area contributed by atoms with E-state index in [0.29, 0.717) is 61.3 Å². The highest BCUT2D eigenvalue weighted by Crippen LogP contribution is 2.31. The summed E-state index contributed by atoms with van der Waals surface area (Å²) in [6.45, 7) is 11.1. The summed E-state index contributed by atoms with van der Waals surface area (Å²) >= 11 is 0. The monoisotopic (exact) mass is 586 g/mol. The number of rotatable bonds is 9. The molecule has 1 aromatic carbocycles. The minimum Gasteiger partial charge on any atom is -0.487 e. The molecule has 0 bridgehead atoms. The molecule has 4 amide bonds. The second-order valence-electron chi connectivity index (χ2n) is 11.1. The second kappa shape index (κ2) is 14.0. The Morgan fingerprint density at radius 1 is 1.21 bits per heavy atom. The third-order valence-electron chi connectivity index (χ3n) is 7.77. The van der Waals surface area contributed by atoms with Crippen LogP contribution >= 0.6 is 0 Å². The van der Waals surface area contributed by atoms with E-state index in [1.807, 2.05) is 6.92 Å². The number of likely N-dealkylation sites (N-methyl/N-ethyl adjacent to an activating group) is 1. The molecule has 13 heteroatoms. The fourth-order valence-electron chi connectivity index (χ4n) is 5.04. The summed E-state index contributed by atoms with van der Waals surface area (Å²) in [5, 5.41) is 19.5. The van der Waals surface area contributed by atoms with Crippen molar-refractivity contribution in [3.05, 3.63) is 35.2 Å². The van der Waals surface area contributed by atoms with Crippen molar-refractivity contribution >= 4 is 29.2 Å². The molecule has 230 valence electrons. The number of carbonyl (C=O) groups is 3. The summed E-state index contributed by atoms with van der Waals surface area (Å²) in [7, 11) is 1.66. The Hall–Kier alpha value is -3.68. The minimum atomic E-state index is -0.473. The number of nitrogens with one attached hydrogen (secondary N) is 2. The minimum absolute atomic E-state index is 0.154. The molecule has 3 N–H and O–H groups in total. The number of carbonyl (C=O) groups excluding carboxylic acids is 3. The Bertz CT molecular complexity index is 1240. The fourth-order valence-corrected chi connectivity index (χ4v) is 5.04. The summed E-state index contributed by atoms with van der Waals surface area (Å²) in [6.07, 6.45) is -0.156. The Morgan fingerprint density at radius 3 is 2.62 bits per heavy atom. The van der Waals surface area contributed by atoms with E-state index in [1.165, 1.54) is 4.90 Å². The Labute approximate surface area is 246 Å². The van der Waals surface area contributed by atoms with Crippen LogP contribution in [0, 0.1) is 19.8 Å². The van der Waals surface area contributed by atoms with E-state index >= 15 is 0 Å². The van der Waals surface area contributed by atoms with Gasteiger partial charge < -0.3 is 39.5 Å². The van der Waals surface area contributed by atoms with Crippen molar-refractivity contribution in [2.45, 2.75) is 46.3 Å². The molecule has 0 aliphatic carbocycles. The standard InChI is InChI=1S/C29H42N6O7/c1-18-15-35(19(2)17-36)28(38)23-14-22(30-26(37)8-9-34-10-12-40-13-11-34)6-7-24(23)41-25(18)16-33(5)29(39)31-27-20(3)32-42-21(27)4/h6-7,14,18-19,25,36H,8-13,15-17H2,1-5H3,(H,30,37)(H,31,39)/t18-,19+,25+/m0/s1. The zero-order valence-electron chi connectivity index (χ0n) is 25.0. The number of aromatic nitrogens is 1. The van der Waals surface area contributed by atoms with Crippen LogP contribution in [0.15, 0.2) is 22.7 Å². The first-order valence-corrected chi connectivity index (χ1v) is 14.3. The third-order valence-corrected chi connectivity index (χ3v) is 7.77. The van der Waals surface area contributed by atoms with Gasteiger partial charge in [0.25, 0.3) is 5.91 Å². The van der Waals surface area contributed by atoms with Crippen LogP contribution in [0.3, 0.4) is 0 Å². The first kappa shape index (κ1) is 31.3. The predicted octanol–water partition coefficient (Wildman–Crippen LogP) is 2.34. The number of ether oxygens (including phenoxy) is 2. The Balaban J connectivity index is 1.50. The van der Waals surface area contributed by atoms with E-state index < -0.39 is 12.1 Å². The number of hydrogen-bond donors (Lipinski definition) is 3. The number of aliphatic hydroxyl groups is 1. The van der Waals surface area contributed by atoms with Gasteiger partial charge in [0.2, 0.25) is 5.91 Å². The predicted molar refractivity (Wildman–Crippen MR) is 156 cm³/mol. The number of anilines is 2. The van der Waals surface area contributed by atoms with Gasteiger partial charge in [0.05, 0.1) is 38.0 Å². The van der Waals surface area contributed by atoms with Gasteiger partial charge in [0, 0.05) is 51.3 Å². The Morgan fingerprint density at radius 2 is 1.95 bits per heavy atom. The summed E-state index contributed by atoms with van der Waals surface area (Å²) < 4.78 is 16.9. The lowest BCUT2D eigenvalue weighted by molar-refractivity contribution is -0.116. The molecule has 0 saturated carbocycles. The average molecular weight is 587 g/mol. The smallest absolute Gasteiger partial charge is 0.321 e. The van der Waals surface area contributed by atoms with E-state index in [4.69, 9.17) is 14.0 Å². The molecule has 42 heavy (non-hydrogen) atoms. The molecule has 1 saturated heterocycles. The van der Waals surface area contributed by atoms with Crippen LogP contribution in [0.4, 0.5) is 16.2 Å². The maximum atomic E-state index is 13.7. The molecule has 2 aliphatic heterocycles. The van der Waals surface area contributed by atoms with Gasteiger partial charge in [-0.15, -0.1) is 0 Å². The number of aliphatic hydroxyl groups excluding tert-OH is 1. The zero-order chi connectivity index (χ0) is 30.4. The van der Waals surface area contributed by atoms with Gasteiger partial charge in [-0.1, -0.05) is 12.1 Å². The number of benzene rings is 1. The van der Waals surface area contributed by atoms with Crippen LogP contribution < -0.4 is 15.4 Å². The summed E-state index contributed by atoms with van der Waals surface area (Å²) in [5.41, 5.74) is 1.86. The van der Waals surface area contributed by atoms with Crippen molar-refractivity contribution in [3.63, 3.8) is 0 Å². The van der Waals surface area contributed by atoms with E-state index in [-0.39, 0.29) is 42.5 Å². The lowest BCUT2D eigenvalue weighted by atomic mass is 9.99. The Kier molecular flexibility index (Phi) is 10.4. The van der Waals surface area contributed by atoms with Crippen LogP contribution in [0.5, 0.6) is 5.75 Å². The van der Waals surface area contributed by atoms with Gasteiger partial charge in [-0.05, 0) is 39.0 Å². The van der Waals surface area contributed by atoms with Gasteiger partial charge in [-0.25, -0.2) is 4.79 Å². The molecule has 13 nitrogen and oxygen atoms in total. The maximum absolute atomic E-state index is 13.7. The fraction of sp³-hybridized carbons (Fsp3) is 0.586. The summed E-state index contributed by atoms with van der Waals surface area (Å²) in [4.78, 5) is 44.7. The number of aryl methyl sites for hydroxylation is 2. The van der Waals surface area contributed by atoms with Gasteiger partial charge in [-0.3, -0.25) is 14.5 Å².